The quantitative estimate of drug-likeness (QED) is 0.612. The Morgan fingerprint density at radius 2 is 2.25 bits per heavy atom. The van der Waals surface area contributed by atoms with Crippen molar-refractivity contribution in [2.75, 3.05) is 0 Å². The fourth-order valence-electron chi connectivity index (χ4n) is 1.28. The van der Waals surface area contributed by atoms with Crippen LogP contribution in [0.3, 0.4) is 0 Å². The predicted octanol–water partition coefficient (Wildman–Crippen LogP) is 2.59. The van der Waals surface area contributed by atoms with Crippen LogP contribution in [0.15, 0.2) is 30.5 Å². The summed E-state index contributed by atoms with van der Waals surface area (Å²) in [4.78, 5) is 6.45. The number of fused-ring (bicyclic) bond motifs is 1. The molecule has 0 atom stereocenters. The normalized spacial score (nSPS) is 9.92. The smallest absolute Gasteiger partial charge is 0.239 e. The molecule has 0 bridgehead atoms. The van der Waals surface area contributed by atoms with Gasteiger partial charge in [0.2, 0.25) is 6.54 Å². The van der Waals surface area contributed by atoms with E-state index in [-0.39, 0.29) is 0 Å². The van der Waals surface area contributed by atoms with E-state index >= 15 is 0 Å². The number of benzene rings is 1. The molecule has 0 unspecified atom stereocenters. The summed E-state index contributed by atoms with van der Waals surface area (Å²) in [7, 11) is 0. The molecule has 1 aromatic heterocycles. The van der Waals surface area contributed by atoms with Gasteiger partial charge in [0.05, 0.1) is 0 Å². The van der Waals surface area contributed by atoms with Crippen LogP contribution in [0.1, 0.15) is 5.56 Å². The third-order valence-electron chi connectivity index (χ3n) is 1.88. The second-order valence-electron chi connectivity index (χ2n) is 2.72. The maximum absolute atomic E-state index is 6.73. The lowest BCUT2D eigenvalue weighted by Crippen LogP contribution is -1.77. The summed E-state index contributed by atoms with van der Waals surface area (Å²) in [5.74, 6) is 0. The summed E-state index contributed by atoms with van der Waals surface area (Å²) in [5, 5.41) is 1.20. The second-order valence-corrected chi connectivity index (χ2v) is 2.72. The lowest BCUT2D eigenvalue weighted by atomic mass is 10.2. The van der Waals surface area contributed by atoms with E-state index in [2.05, 4.69) is 9.83 Å². The van der Waals surface area contributed by atoms with Crippen molar-refractivity contribution in [1.29, 1.82) is 0 Å². The van der Waals surface area contributed by atoms with E-state index in [0.29, 0.717) is 6.54 Å². The molecule has 58 valence electrons. The Kier molecular flexibility index (Phi) is 1.56. The van der Waals surface area contributed by atoms with E-state index in [0.717, 1.165) is 11.1 Å². The van der Waals surface area contributed by atoms with Gasteiger partial charge in [-0.05, 0) is 17.5 Å². The summed E-state index contributed by atoms with van der Waals surface area (Å²) in [6.45, 7) is 7.19. The van der Waals surface area contributed by atoms with E-state index in [9.17, 15) is 0 Å². The average molecular weight is 156 g/mol. The van der Waals surface area contributed by atoms with Crippen molar-refractivity contribution in [2.45, 2.75) is 6.54 Å². The fraction of sp³-hybridized carbons (Fsp3) is 0.100. The maximum atomic E-state index is 6.73. The van der Waals surface area contributed by atoms with Crippen molar-refractivity contribution in [1.82, 2.24) is 4.98 Å². The average Bonchev–Trinajstić information content (AvgIpc) is 2.51. The largest absolute Gasteiger partial charge is 0.361 e. The summed E-state index contributed by atoms with van der Waals surface area (Å²) < 4.78 is 0. The van der Waals surface area contributed by atoms with Crippen LogP contribution in [0, 0.1) is 6.57 Å². The van der Waals surface area contributed by atoms with E-state index in [1.165, 1.54) is 5.39 Å². The molecule has 0 aliphatic heterocycles. The molecule has 0 amide bonds. The number of aromatic amines is 1. The van der Waals surface area contributed by atoms with Crippen LogP contribution in [-0.2, 0) is 6.54 Å². The molecule has 2 heteroatoms. The molecular formula is C10H8N2. The van der Waals surface area contributed by atoms with Crippen LogP contribution in [0.4, 0.5) is 0 Å². The third-order valence-corrected chi connectivity index (χ3v) is 1.88. The Bertz CT molecular complexity index is 434. The van der Waals surface area contributed by atoms with Gasteiger partial charge < -0.3 is 9.83 Å². The maximum Gasteiger partial charge on any atom is 0.239 e. The zero-order valence-electron chi connectivity index (χ0n) is 6.54. The minimum absolute atomic E-state index is 0.467. The van der Waals surface area contributed by atoms with Crippen LogP contribution in [0.2, 0.25) is 0 Å². The Hall–Kier alpha value is -1.75. The zero-order valence-corrected chi connectivity index (χ0v) is 6.54. The van der Waals surface area contributed by atoms with Gasteiger partial charge in [-0.25, -0.2) is 6.57 Å². The molecule has 0 fully saturated rings. The summed E-state index contributed by atoms with van der Waals surface area (Å²) in [6.07, 6.45) is 1.91. The molecule has 1 heterocycles. The van der Waals surface area contributed by atoms with E-state index < -0.39 is 0 Å². The number of nitrogens with zero attached hydrogens (tertiary/aromatic N) is 1. The van der Waals surface area contributed by atoms with Crippen molar-refractivity contribution in [3.63, 3.8) is 0 Å². The van der Waals surface area contributed by atoms with Crippen molar-refractivity contribution in [2.24, 2.45) is 0 Å². The molecule has 0 radical (unpaired) electrons. The number of nitrogens with one attached hydrogen (secondary N) is 1. The number of hydrogen-bond donors (Lipinski definition) is 1. The highest BCUT2D eigenvalue weighted by Crippen LogP contribution is 2.14. The van der Waals surface area contributed by atoms with Crippen molar-refractivity contribution in [3.05, 3.63) is 47.4 Å². The highest BCUT2D eigenvalue weighted by atomic mass is 14.7. The number of hydrogen-bond acceptors (Lipinski definition) is 0. The van der Waals surface area contributed by atoms with Gasteiger partial charge in [0.1, 0.15) is 0 Å². The third kappa shape index (κ3) is 1.06. The van der Waals surface area contributed by atoms with Gasteiger partial charge in [-0.1, -0.05) is 12.1 Å². The van der Waals surface area contributed by atoms with Gasteiger partial charge in [0.15, 0.2) is 0 Å². The topological polar surface area (TPSA) is 20.1 Å². The molecule has 0 saturated carbocycles. The highest BCUT2D eigenvalue weighted by Gasteiger charge is 1.97. The Morgan fingerprint density at radius 1 is 1.33 bits per heavy atom. The molecule has 0 saturated heterocycles. The predicted molar refractivity (Wildman–Crippen MR) is 48.6 cm³/mol. The van der Waals surface area contributed by atoms with E-state index in [4.69, 9.17) is 6.57 Å². The Labute approximate surface area is 70.7 Å². The molecule has 0 aliphatic rings. The Morgan fingerprint density at radius 3 is 3.08 bits per heavy atom. The second kappa shape index (κ2) is 2.71. The van der Waals surface area contributed by atoms with Gasteiger partial charge in [0, 0.05) is 17.3 Å². The molecule has 1 N–H and O–H groups in total. The zero-order chi connectivity index (χ0) is 8.39. The van der Waals surface area contributed by atoms with Crippen LogP contribution in [0.25, 0.3) is 15.7 Å². The summed E-state index contributed by atoms with van der Waals surface area (Å²) >= 11 is 0. The van der Waals surface area contributed by atoms with Gasteiger partial charge in [-0.2, -0.15) is 0 Å². The number of H-pyrrole nitrogens is 1. The lowest BCUT2D eigenvalue weighted by Gasteiger charge is -1.91. The molecule has 2 rings (SSSR count). The van der Waals surface area contributed by atoms with Gasteiger partial charge in [-0.3, -0.25) is 0 Å². The van der Waals surface area contributed by atoms with Crippen molar-refractivity contribution in [3.8, 4) is 0 Å². The van der Waals surface area contributed by atoms with Crippen molar-refractivity contribution < 1.29 is 0 Å². The fourth-order valence-corrected chi connectivity index (χ4v) is 1.28. The standard InChI is InChI=1S/C10H8N2/c1-11-7-8-2-3-9-4-5-12-10(9)6-8/h2-6,12H,7H2. The molecule has 2 aromatic rings. The first-order valence-electron chi connectivity index (χ1n) is 3.79. The molecule has 12 heavy (non-hydrogen) atoms. The van der Waals surface area contributed by atoms with Gasteiger partial charge in [-0.15, -0.1) is 0 Å². The van der Waals surface area contributed by atoms with Crippen LogP contribution in [-0.4, -0.2) is 4.98 Å². The van der Waals surface area contributed by atoms with Crippen LogP contribution >= 0.6 is 0 Å². The summed E-state index contributed by atoms with van der Waals surface area (Å²) in [5.41, 5.74) is 2.18. The number of aromatic nitrogens is 1. The molecule has 2 nitrogen and oxygen atoms in total. The SMILES string of the molecule is [C-]#[N+]Cc1ccc2cc[nH]c2c1. The molecule has 0 aliphatic carbocycles. The lowest BCUT2D eigenvalue weighted by molar-refractivity contribution is 1.27. The summed E-state index contributed by atoms with van der Waals surface area (Å²) in [6, 6.07) is 8.07. The van der Waals surface area contributed by atoms with Crippen LogP contribution < -0.4 is 0 Å². The van der Waals surface area contributed by atoms with Gasteiger partial charge in [0.25, 0.3) is 0 Å². The van der Waals surface area contributed by atoms with Crippen molar-refractivity contribution >= 4 is 10.9 Å². The molecule has 0 spiro atoms. The molecular weight excluding hydrogens is 148 g/mol. The minimum atomic E-state index is 0.467. The highest BCUT2D eigenvalue weighted by molar-refractivity contribution is 5.79. The molecule has 1 aromatic carbocycles. The first kappa shape index (κ1) is 6.93. The van der Waals surface area contributed by atoms with E-state index in [1.54, 1.807) is 0 Å². The van der Waals surface area contributed by atoms with Gasteiger partial charge >= 0.3 is 0 Å². The number of rotatable bonds is 1. The Balaban J connectivity index is 2.54. The monoisotopic (exact) mass is 156 g/mol. The van der Waals surface area contributed by atoms with Crippen LogP contribution in [0.5, 0.6) is 0 Å². The minimum Gasteiger partial charge on any atom is -0.361 e. The first-order valence-corrected chi connectivity index (χ1v) is 3.79. The first-order chi connectivity index (χ1) is 5.90. The van der Waals surface area contributed by atoms with E-state index in [1.807, 2.05) is 30.5 Å².